The third-order valence-corrected chi connectivity index (χ3v) is 2.11. The van der Waals surface area contributed by atoms with Crippen LogP contribution in [0.1, 0.15) is 11.6 Å². The molecule has 0 aliphatic carbocycles. The Labute approximate surface area is 89.8 Å². The normalized spacial score (nSPS) is 13.7. The summed E-state index contributed by atoms with van der Waals surface area (Å²) in [5.41, 5.74) is 4.88. The maximum Gasteiger partial charge on any atom is 0.407 e. The van der Waals surface area contributed by atoms with Crippen molar-refractivity contribution in [1.82, 2.24) is 0 Å². The molecule has 0 saturated carbocycles. The molecule has 0 saturated heterocycles. The van der Waals surface area contributed by atoms with Crippen molar-refractivity contribution < 1.29 is 17.9 Å². The summed E-state index contributed by atoms with van der Waals surface area (Å²) in [6.45, 7) is 0. The minimum Gasteiger partial charge on any atom is -0.496 e. The fourth-order valence-corrected chi connectivity index (χ4v) is 1.31. The standard InChI is InChI=1S/C9H9ClF3NO/c1-15-7-3-2-5(10)4-6(7)8(14)9(11,12)13/h2-4,8H,14H2,1H3/t8-/m1/s1. The number of nitrogens with two attached hydrogens (primary N) is 1. The Hall–Kier alpha value is -0.940. The van der Waals surface area contributed by atoms with Crippen LogP contribution in [0.3, 0.4) is 0 Å². The zero-order valence-electron chi connectivity index (χ0n) is 7.81. The summed E-state index contributed by atoms with van der Waals surface area (Å²) in [6, 6.07) is 1.85. The number of benzene rings is 1. The molecule has 0 radical (unpaired) electrons. The fourth-order valence-electron chi connectivity index (χ4n) is 1.12. The highest BCUT2D eigenvalue weighted by atomic mass is 35.5. The summed E-state index contributed by atoms with van der Waals surface area (Å²) in [7, 11) is 1.27. The fraction of sp³-hybridized carbons (Fsp3) is 0.333. The van der Waals surface area contributed by atoms with Crippen molar-refractivity contribution in [3.05, 3.63) is 28.8 Å². The lowest BCUT2D eigenvalue weighted by Crippen LogP contribution is -2.28. The van der Waals surface area contributed by atoms with Crippen LogP contribution in [0.5, 0.6) is 5.75 Å². The van der Waals surface area contributed by atoms with Gasteiger partial charge in [0, 0.05) is 10.6 Å². The Bertz CT molecular complexity index is 354. The summed E-state index contributed by atoms with van der Waals surface area (Å²) in [6.07, 6.45) is -4.52. The minimum atomic E-state index is -4.52. The number of ether oxygens (including phenoxy) is 1. The summed E-state index contributed by atoms with van der Waals surface area (Å²) in [4.78, 5) is 0. The van der Waals surface area contributed by atoms with Crippen LogP contribution in [0.25, 0.3) is 0 Å². The number of halogens is 4. The monoisotopic (exact) mass is 239 g/mol. The SMILES string of the molecule is COc1ccc(Cl)cc1[C@@H](N)C(F)(F)F. The Morgan fingerprint density at radius 1 is 1.40 bits per heavy atom. The molecule has 0 amide bonds. The van der Waals surface area contributed by atoms with E-state index in [0.29, 0.717) is 0 Å². The zero-order valence-corrected chi connectivity index (χ0v) is 8.56. The number of alkyl halides is 3. The first-order valence-electron chi connectivity index (χ1n) is 4.02. The van der Waals surface area contributed by atoms with Crippen molar-refractivity contribution in [2.45, 2.75) is 12.2 Å². The molecule has 0 aliphatic rings. The summed E-state index contributed by atoms with van der Waals surface area (Å²) < 4.78 is 41.9. The van der Waals surface area contributed by atoms with Crippen LogP contribution in [-0.2, 0) is 0 Å². The van der Waals surface area contributed by atoms with Crippen LogP contribution in [0, 0.1) is 0 Å². The number of methoxy groups -OCH3 is 1. The van der Waals surface area contributed by atoms with Crippen LogP contribution in [0.4, 0.5) is 13.2 Å². The average Bonchev–Trinajstić information content (AvgIpc) is 2.15. The van der Waals surface area contributed by atoms with Crippen molar-refractivity contribution in [2.24, 2.45) is 5.73 Å². The van der Waals surface area contributed by atoms with Crippen molar-refractivity contribution in [2.75, 3.05) is 7.11 Å². The van der Waals surface area contributed by atoms with E-state index in [1.807, 2.05) is 0 Å². The average molecular weight is 240 g/mol. The van der Waals surface area contributed by atoms with Crippen LogP contribution in [-0.4, -0.2) is 13.3 Å². The topological polar surface area (TPSA) is 35.2 Å². The van der Waals surface area contributed by atoms with Gasteiger partial charge in [-0.3, -0.25) is 0 Å². The van der Waals surface area contributed by atoms with Gasteiger partial charge >= 0.3 is 6.18 Å². The van der Waals surface area contributed by atoms with Gasteiger partial charge < -0.3 is 10.5 Å². The molecular weight excluding hydrogens is 231 g/mol. The molecule has 6 heteroatoms. The maximum absolute atomic E-state index is 12.4. The first-order chi connectivity index (χ1) is 6.86. The second-order valence-electron chi connectivity index (χ2n) is 2.91. The van der Waals surface area contributed by atoms with Gasteiger partial charge in [-0.05, 0) is 18.2 Å². The van der Waals surface area contributed by atoms with Crippen LogP contribution in [0.15, 0.2) is 18.2 Å². The first kappa shape index (κ1) is 12.1. The van der Waals surface area contributed by atoms with Crippen molar-refractivity contribution in [3.63, 3.8) is 0 Å². The number of hydrogen-bond acceptors (Lipinski definition) is 2. The second kappa shape index (κ2) is 4.28. The molecular formula is C9H9ClF3NO. The lowest BCUT2D eigenvalue weighted by atomic mass is 10.1. The predicted molar refractivity (Wildman–Crippen MR) is 51.0 cm³/mol. The lowest BCUT2D eigenvalue weighted by Gasteiger charge is -2.18. The van der Waals surface area contributed by atoms with Crippen molar-refractivity contribution in [1.29, 1.82) is 0 Å². The molecule has 0 fully saturated rings. The molecule has 15 heavy (non-hydrogen) atoms. The maximum atomic E-state index is 12.4. The smallest absolute Gasteiger partial charge is 0.407 e. The van der Waals surface area contributed by atoms with Crippen LogP contribution >= 0.6 is 11.6 Å². The molecule has 1 atom stereocenters. The summed E-state index contributed by atoms with van der Waals surface area (Å²) in [5.74, 6) is 0.0734. The van der Waals surface area contributed by atoms with E-state index in [0.717, 1.165) is 6.07 Å². The molecule has 84 valence electrons. The minimum absolute atomic E-state index is 0.0734. The molecule has 1 aromatic carbocycles. The van der Waals surface area contributed by atoms with Gasteiger partial charge in [0.25, 0.3) is 0 Å². The molecule has 2 nitrogen and oxygen atoms in total. The van der Waals surface area contributed by atoms with E-state index in [9.17, 15) is 13.2 Å². The Balaban J connectivity index is 3.17. The molecule has 1 rings (SSSR count). The molecule has 0 bridgehead atoms. The van der Waals surface area contributed by atoms with Crippen molar-refractivity contribution >= 4 is 11.6 Å². The second-order valence-corrected chi connectivity index (χ2v) is 3.34. The van der Waals surface area contributed by atoms with Gasteiger partial charge in [-0.25, -0.2) is 0 Å². The Morgan fingerprint density at radius 2 is 2.00 bits per heavy atom. The molecule has 0 spiro atoms. The van der Waals surface area contributed by atoms with E-state index >= 15 is 0 Å². The Kier molecular flexibility index (Phi) is 3.46. The van der Waals surface area contributed by atoms with Gasteiger partial charge in [0.1, 0.15) is 11.8 Å². The van der Waals surface area contributed by atoms with Gasteiger partial charge in [-0.2, -0.15) is 13.2 Å². The van der Waals surface area contributed by atoms with E-state index in [1.165, 1.54) is 19.2 Å². The van der Waals surface area contributed by atoms with Gasteiger partial charge in [0.05, 0.1) is 7.11 Å². The highest BCUT2D eigenvalue weighted by Crippen LogP contribution is 2.36. The molecule has 0 aromatic heterocycles. The third kappa shape index (κ3) is 2.76. The van der Waals surface area contributed by atoms with E-state index < -0.39 is 12.2 Å². The lowest BCUT2D eigenvalue weighted by molar-refractivity contribution is -0.149. The first-order valence-corrected chi connectivity index (χ1v) is 4.39. The Morgan fingerprint density at radius 3 is 2.47 bits per heavy atom. The predicted octanol–water partition coefficient (Wildman–Crippen LogP) is 2.91. The molecule has 0 unspecified atom stereocenters. The highest BCUT2D eigenvalue weighted by molar-refractivity contribution is 6.30. The van der Waals surface area contributed by atoms with E-state index in [-0.39, 0.29) is 16.3 Å². The van der Waals surface area contributed by atoms with Gasteiger partial charge in [-0.1, -0.05) is 11.6 Å². The van der Waals surface area contributed by atoms with E-state index in [2.05, 4.69) is 0 Å². The summed E-state index contributed by atoms with van der Waals surface area (Å²) in [5, 5.41) is 0.186. The largest absolute Gasteiger partial charge is 0.496 e. The summed E-state index contributed by atoms with van der Waals surface area (Å²) >= 11 is 5.59. The van der Waals surface area contributed by atoms with Gasteiger partial charge in [-0.15, -0.1) is 0 Å². The van der Waals surface area contributed by atoms with E-state index in [4.69, 9.17) is 22.1 Å². The molecule has 1 aromatic rings. The molecule has 2 N–H and O–H groups in total. The van der Waals surface area contributed by atoms with Gasteiger partial charge in [0.15, 0.2) is 0 Å². The number of rotatable bonds is 2. The quantitative estimate of drug-likeness (QED) is 0.861. The third-order valence-electron chi connectivity index (χ3n) is 1.88. The zero-order chi connectivity index (χ0) is 11.6. The van der Waals surface area contributed by atoms with Gasteiger partial charge in [0.2, 0.25) is 0 Å². The van der Waals surface area contributed by atoms with E-state index in [1.54, 1.807) is 0 Å². The van der Waals surface area contributed by atoms with Crippen LogP contribution < -0.4 is 10.5 Å². The molecule has 0 aliphatic heterocycles. The highest BCUT2D eigenvalue weighted by Gasteiger charge is 2.39. The van der Waals surface area contributed by atoms with Crippen molar-refractivity contribution in [3.8, 4) is 5.75 Å². The molecule has 0 heterocycles. The number of hydrogen-bond donors (Lipinski definition) is 1. The van der Waals surface area contributed by atoms with Crippen LogP contribution in [0.2, 0.25) is 5.02 Å².